The summed E-state index contributed by atoms with van der Waals surface area (Å²) in [4.78, 5) is 11.7. The molecule has 0 atom stereocenters. The Morgan fingerprint density at radius 3 is 2.33 bits per heavy atom. The van der Waals surface area contributed by atoms with Gasteiger partial charge < -0.3 is 14.7 Å². The van der Waals surface area contributed by atoms with Gasteiger partial charge in [-0.05, 0) is 20.8 Å². The van der Waals surface area contributed by atoms with E-state index in [0.717, 1.165) is 0 Å². The van der Waals surface area contributed by atoms with Crippen molar-refractivity contribution in [2.45, 2.75) is 32.5 Å². The molecule has 1 N–H and O–H groups in total. The zero-order valence-corrected chi connectivity index (χ0v) is 7.70. The topological polar surface area (TPSA) is 49.8 Å². The van der Waals surface area contributed by atoms with E-state index in [-0.39, 0.29) is 11.7 Å². The highest BCUT2D eigenvalue weighted by Crippen LogP contribution is 2.18. The lowest BCUT2D eigenvalue weighted by Crippen LogP contribution is -2.56. The van der Waals surface area contributed by atoms with Gasteiger partial charge in [0.1, 0.15) is 0 Å². The fraction of sp³-hybridized carbons (Fsp3) is 0.875. The normalized spacial score (nSPS) is 19.1. The van der Waals surface area contributed by atoms with E-state index in [2.05, 4.69) is 0 Å². The van der Waals surface area contributed by atoms with Gasteiger partial charge in [0, 0.05) is 0 Å². The summed E-state index contributed by atoms with van der Waals surface area (Å²) in [6, 6.07) is 0. The van der Waals surface area contributed by atoms with Crippen LogP contribution in [-0.4, -0.2) is 40.9 Å². The van der Waals surface area contributed by atoms with E-state index < -0.39 is 6.09 Å². The number of likely N-dealkylation sites (tertiary alicyclic amines) is 1. The molecule has 4 nitrogen and oxygen atoms in total. The van der Waals surface area contributed by atoms with Crippen LogP contribution in [0.5, 0.6) is 0 Å². The van der Waals surface area contributed by atoms with E-state index in [9.17, 15) is 4.79 Å². The number of ether oxygens (including phenoxy) is 1. The van der Waals surface area contributed by atoms with Crippen molar-refractivity contribution >= 4 is 6.09 Å². The quantitative estimate of drug-likeness (QED) is 0.647. The molecule has 1 fully saturated rings. The lowest BCUT2D eigenvalue weighted by Gasteiger charge is -2.40. The first-order valence-electron chi connectivity index (χ1n) is 4.04. The molecular formula is C8H15NO3. The lowest BCUT2D eigenvalue weighted by atomic mass is 10.1. The van der Waals surface area contributed by atoms with Crippen molar-refractivity contribution in [2.24, 2.45) is 0 Å². The van der Waals surface area contributed by atoms with Crippen LogP contribution in [0.1, 0.15) is 20.8 Å². The molecule has 1 amide bonds. The van der Waals surface area contributed by atoms with Gasteiger partial charge in [0.25, 0.3) is 0 Å². The monoisotopic (exact) mass is 173 g/mol. The largest absolute Gasteiger partial charge is 0.465 e. The zero-order chi connectivity index (χ0) is 9.35. The third kappa shape index (κ3) is 2.37. The second-order valence-corrected chi connectivity index (χ2v) is 4.04. The lowest BCUT2D eigenvalue weighted by molar-refractivity contribution is -0.115. The molecule has 0 bridgehead atoms. The summed E-state index contributed by atoms with van der Waals surface area (Å²) in [5, 5.41) is 8.52. The van der Waals surface area contributed by atoms with Gasteiger partial charge in [-0.2, -0.15) is 0 Å². The third-order valence-electron chi connectivity index (χ3n) is 1.64. The minimum absolute atomic E-state index is 0.0844. The van der Waals surface area contributed by atoms with E-state index >= 15 is 0 Å². The van der Waals surface area contributed by atoms with Gasteiger partial charge in [-0.3, -0.25) is 0 Å². The highest BCUT2D eigenvalue weighted by atomic mass is 16.5. The standard InChI is InChI=1S/C8H15NO3/c1-8(2,3)12-6-4-9(5-6)7(10)11/h6H,4-5H2,1-3H3,(H,10,11). The SMILES string of the molecule is CC(C)(C)OC1CN(C(=O)O)C1. The molecule has 0 spiro atoms. The average molecular weight is 173 g/mol. The van der Waals surface area contributed by atoms with Gasteiger partial charge in [0.2, 0.25) is 0 Å². The Balaban J connectivity index is 2.22. The van der Waals surface area contributed by atoms with E-state index in [1.807, 2.05) is 20.8 Å². The summed E-state index contributed by atoms with van der Waals surface area (Å²) < 4.78 is 5.55. The molecule has 1 aliphatic heterocycles. The molecule has 1 rings (SSSR count). The smallest absolute Gasteiger partial charge is 0.407 e. The van der Waals surface area contributed by atoms with Crippen LogP contribution in [0.15, 0.2) is 0 Å². The van der Waals surface area contributed by atoms with Crippen LogP contribution in [0, 0.1) is 0 Å². The Morgan fingerprint density at radius 2 is 2.00 bits per heavy atom. The van der Waals surface area contributed by atoms with E-state index in [4.69, 9.17) is 9.84 Å². The van der Waals surface area contributed by atoms with Crippen LogP contribution in [0.25, 0.3) is 0 Å². The number of nitrogens with zero attached hydrogens (tertiary/aromatic N) is 1. The summed E-state index contributed by atoms with van der Waals surface area (Å²) >= 11 is 0. The minimum Gasteiger partial charge on any atom is -0.465 e. The van der Waals surface area contributed by atoms with Gasteiger partial charge in [0.05, 0.1) is 24.8 Å². The van der Waals surface area contributed by atoms with E-state index in [0.29, 0.717) is 13.1 Å². The first-order chi connectivity index (χ1) is 5.38. The maximum absolute atomic E-state index is 10.4. The fourth-order valence-electron chi connectivity index (χ4n) is 1.17. The summed E-state index contributed by atoms with van der Waals surface area (Å²) in [6.45, 7) is 6.92. The van der Waals surface area contributed by atoms with Gasteiger partial charge in [-0.25, -0.2) is 4.79 Å². The van der Waals surface area contributed by atoms with Gasteiger partial charge in [0.15, 0.2) is 0 Å². The molecule has 0 unspecified atom stereocenters. The predicted molar refractivity (Wildman–Crippen MR) is 44.2 cm³/mol. The number of carbonyl (C=O) groups is 1. The van der Waals surface area contributed by atoms with Crippen molar-refractivity contribution in [3.63, 3.8) is 0 Å². The summed E-state index contributed by atoms with van der Waals surface area (Å²) in [5.41, 5.74) is -0.171. The molecule has 1 saturated heterocycles. The highest BCUT2D eigenvalue weighted by Gasteiger charge is 2.33. The average Bonchev–Trinajstić information content (AvgIpc) is 1.74. The number of carboxylic acid groups (broad SMARTS) is 1. The van der Waals surface area contributed by atoms with Crippen molar-refractivity contribution < 1.29 is 14.6 Å². The summed E-state index contributed by atoms with van der Waals surface area (Å²) in [7, 11) is 0. The molecule has 4 heteroatoms. The molecule has 0 aromatic carbocycles. The van der Waals surface area contributed by atoms with Crippen molar-refractivity contribution in [3.05, 3.63) is 0 Å². The van der Waals surface area contributed by atoms with Crippen LogP contribution < -0.4 is 0 Å². The fourth-order valence-corrected chi connectivity index (χ4v) is 1.17. The molecule has 70 valence electrons. The van der Waals surface area contributed by atoms with Crippen molar-refractivity contribution in [3.8, 4) is 0 Å². The number of hydrogen-bond acceptors (Lipinski definition) is 2. The molecule has 0 aromatic rings. The molecule has 0 saturated carbocycles. The van der Waals surface area contributed by atoms with Gasteiger partial charge in [-0.1, -0.05) is 0 Å². The second-order valence-electron chi connectivity index (χ2n) is 4.04. The van der Waals surface area contributed by atoms with Crippen molar-refractivity contribution in [2.75, 3.05) is 13.1 Å². The van der Waals surface area contributed by atoms with Crippen molar-refractivity contribution in [1.82, 2.24) is 4.90 Å². The Bertz CT molecular complexity index is 179. The molecule has 0 aromatic heterocycles. The predicted octanol–water partition coefficient (Wildman–Crippen LogP) is 1.16. The zero-order valence-electron chi connectivity index (χ0n) is 7.70. The molecule has 0 aliphatic carbocycles. The van der Waals surface area contributed by atoms with E-state index in [1.54, 1.807) is 0 Å². The van der Waals surface area contributed by atoms with Gasteiger partial charge >= 0.3 is 6.09 Å². The van der Waals surface area contributed by atoms with Crippen LogP contribution in [0.2, 0.25) is 0 Å². The Morgan fingerprint density at radius 1 is 1.50 bits per heavy atom. The molecule has 0 radical (unpaired) electrons. The van der Waals surface area contributed by atoms with Crippen molar-refractivity contribution in [1.29, 1.82) is 0 Å². The minimum atomic E-state index is -0.858. The number of hydrogen-bond donors (Lipinski definition) is 1. The van der Waals surface area contributed by atoms with Crippen LogP contribution >= 0.6 is 0 Å². The van der Waals surface area contributed by atoms with Crippen LogP contribution in [0.4, 0.5) is 4.79 Å². The third-order valence-corrected chi connectivity index (χ3v) is 1.64. The number of amides is 1. The number of rotatable bonds is 1. The first kappa shape index (κ1) is 9.32. The van der Waals surface area contributed by atoms with Crippen LogP contribution in [0.3, 0.4) is 0 Å². The Kier molecular flexibility index (Phi) is 2.28. The maximum atomic E-state index is 10.4. The molecule has 1 aliphatic rings. The maximum Gasteiger partial charge on any atom is 0.407 e. The molecular weight excluding hydrogens is 158 g/mol. The molecule has 1 heterocycles. The van der Waals surface area contributed by atoms with Gasteiger partial charge in [-0.15, -0.1) is 0 Å². The molecule has 12 heavy (non-hydrogen) atoms. The second kappa shape index (κ2) is 2.94. The Hall–Kier alpha value is -0.770. The summed E-state index contributed by atoms with van der Waals surface area (Å²) in [6.07, 6.45) is -0.773. The highest BCUT2D eigenvalue weighted by molar-refractivity contribution is 5.66. The Labute approximate surface area is 72.1 Å². The van der Waals surface area contributed by atoms with Crippen LogP contribution in [-0.2, 0) is 4.74 Å². The summed E-state index contributed by atoms with van der Waals surface area (Å²) in [5.74, 6) is 0. The van der Waals surface area contributed by atoms with E-state index in [1.165, 1.54) is 4.90 Å². The first-order valence-corrected chi connectivity index (χ1v) is 4.04.